The first kappa shape index (κ1) is 15.8. The van der Waals surface area contributed by atoms with Gasteiger partial charge in [0, 0.05) is 19.1 Å². The van der Waals surface area contributed by atoms with Crippen LogP contribution in [0.1, 0.15) is 72.1 Å². The van der Waals surface area contributed by atoms with E-state index >= 15 is 0 Å². The van der Waals surface area contributed by atoms with Crippen LogP contribution in [-0.2, 0) is 4.79 Å². The van der Waals surface area contributed by atoms with Crippen LogP contribution in [0.4, 0.5) is 0 Å². The summed E-state index contributed by atoms with van der Waals surface area (Å²) < 4.78 is 0. The van der Waals surface area contributed by atoms with E-state index in [4.69, 9.17) is 0 Å². The Morgan fingerprint density at radius 3 is 2.30 bits per heavy atom. The van der Waals surface area contributed by atoms with Gasteiger partial charge in [0.15, 0.2) is 0 Å². The molecule has 0 aromatic rings. The highest BCUT2D eigenvalue weighted by molar-refractivity contribution is 5.75. The second kappa shape index (κ2) is 6.05. The fourth-order valence-electron chi connectivity index (χ4n) is 4.69. The third-order valence-electron chi connectivity index (χ3n) is 5.73. The molecular formula is C17H31NO2. The van der Waals surface area contributed by atoms with Crippen molar-refractivity contribution in [3.8, 4) is 0 Å². The summed E-state index contributed by atoms with van der Waals surface area (Å²) in [5.74, 6) is -0.592. The van der Waals surface area contributed by atoms with E-state index in [2.05, 4.69) is 18.7 Å². The first-order valence-electron chi connectivity index (χ1n) is 8.45. The predicted molar refractivity (Wildman–Crippen MR) is 81.8 cm³/mol. The van der Waals surface area contributed by atoms with Gasteiger partial charge in [-0.05, 0) is 38.0 Å². The van der Waals surface area contributed by atoms with E-state index in [0.717, 1.165) is 32.4 Å². The molecule has 0 aromatic carbocycles. The summed E-state index contributed by atoms with van der Waals surface area (Å²) in [6, 6.07) is 0.260. The van der Waals surface area contributed by atoms with Crippen molar-refractivity contribution in [1.82, 2.24) is 4.90 Å². The van der Waals surface area contributed by atoms with E-state index in [1.807, 2.05) is 6.92 Å². The summed E-state index contributed by atoms with van der Waals surface area (Å²) in [6.07, 6.45) is 9.26. The number of hydrogen-bond acceptors (Lipinski definition) is 2. The maximum atomic E-state index is 11.7. The highest BCUT2D eigenvalue weighted by atomic mass is 16.4. The molecule has 1 saturated heterocycles. The molecule has 2 atom stereocenters. The van der Waals surface area contributed by atoms with Crippen LogP contribution in [0.15, 0.2) is 0 Å². The van der Waals surface area contributed by atoms with E-state index in [1.165, 1.54) is 32.1 Å². The van der Waals surface area contributed by atoms with Gasteiger partial charge in [-0.1, -0.05) is 39.5 Å². The molecule has 0 spiro atoms. The summed E-state index contributed by atoms with van der Waals surface area (Å²) in [5, 5.41) is 9.65. The van der Waals surface area contributed by atoms with Crippen LogP contribution in [-0.4, -0.2) is 35.1 Å². The number of carboxylic acids is 1. The first-order valence-corrected chi connectivity index (χ1v) is 8.45. The van der Waals surface area contributed by atoms with Gasteiger partial charge in [0.1, 0.15) is 0 Å². The third-order valence-corrected chi connectivity index (χ3v) is 5.73. The number of carbonyl (C=O) groups is 1. The molecule has 0 amide bonds. The lowest BCUT2D eigenvalue weighted by atomic mass is 9.66. The van der Waals surface area contributed by atoms with Gasteiger partial charge in [0.2, 0.25) is 0 Å². The molecule has 2 aliphatic rings. The Hall–Kier alpha value is -0.570. The van der Waals surface area contributed by atoms with Crippen LogP contribution < -0.4 is 0 Å². The summed E-state index contributed by atoms with van der Waals surface area (Å²) >= 11 is 0. The predicted octanol–water partition coefficient (Wildman–Crippen LogP) is 3.92. The van der Waals surface area contributed by atoms with Gasteiger partial charge in [0.05, 0.1) is 5.41 Å². The monoisotopic (exact) mass is 281 g/mol. The Labute approximate surface area is 123 Å². The minimum absolute atomic E-state index is 0.260. The van der Waals surface area contributed by atoms with Gasteiger partial charge in [-0.15, -0.1) is 0 Å². The summed E-state index contributed by atoms with van der Waals surface area (Å²) in [7, 11) is 0. The summed E-state index contributed by atoms with van der Waals surface area (Å²) in [5.41, 5.74) is -0.0385. The summed E-state index contributed by atoms with van der Waals surface area (Å²) in [6.45, 7) is 8.76. The molecule has 2 fully saturated rings. The van der Waals surface area contributed by atoms with Crippen LogP contribution in [0.2, 0.25) is 0 Å². The molecule has 0 bridgehead atoms. The standard InChI is InChI=1S/C17H31NO2/c1-4-9-17(10-5-2)12-18(13-17)14-8-6-7-11-16(14,3)15(19)20/h14H,4-13H2,1-3H3,(H,19,20). The number of likely N-dealkylation sites (tertiary alicyclic amines) is 1. The molecule has 116 valence electrons. The van der Waals surface area contributed by atoms with Crippen molar-refractivity contribution in [2.45, 2.75) is 78.2 Å². The van der Waals surface area contributed by atoms with Crippen molar-refractivity contribution in [2.24, 2.45) is 10.8 Å². The molecule has 1 aliphatic heterocycles. The molecule has 20 heavy (non-hydrogen) atoms. The van der Waals surface area contributed by atoms with Gasteiger partial charge in [-0.25, -0.2) is 0 Å². The minimum Gasteiger partial charge on any atom is -0.481 e. The van der Waals surface area contributed by atoms with Crippen LogP contribution in [0.25, 0.3) is 0 Å². The van der Waals surface area contributed by atoms with Gasteiger partial charge in [-0.2, -0.15) is 0 Å². The van der Waals surface area contributed by atoms with Crippen molar-refractivity contribution in [3.05, 3.63) is 0 Å². The Kier molecular flexibility index (Phi) is 4.78. The SMILES string of the molecule is CCCC1(CCC)CN(C2CCCCC2(C)C(=O)O)C1. The highest BCUT2D eigenvalue weighted by Crippen LogP contribution is 2.47. The molecule has 1 heterocycles. The van der Waals surface area contributed by atoms with Crippen molar-refractivity contribution in [2.75, 3.05) is 13.1 Å². The number of hydrogen-bond donors (Lipinski definition) is 1. The van der Waals surface area contributed by atoms with Crippen molar-refractivity contribution in [1.29, 1.82) is 0 Å². The van der Waals surface area contributed by atoms with Crippen LogP contribution in [0.5, 0.6) is 0 Å². The first-order chi connectivity index (χ1) is 9.47. The molecule has 3 heteroatoms. The van der Waals surface area contributed by atoms with E-state index < -0.39 is 11.4 Å². The highest BCUT2D eigenvalue weighted by Gasteiger charge is 2.52. The lowest BCUT2D eigenvalue weighted by Crippen LogP contribution is -2.64. The van der Waals surface area contributed by atoms with E-state index in [9.17, 15) is 9.90 Å². The van der Waals surface area contributed by atoms with Gasteiger partial charge >= 0.3 is 5.97 Å². The second-order valence-electron chi connectivity index (χ2n) is 7.39. The zero-order chi connectivity index (χ0) is 14.8. The normalized spacial score (nSPS) is 33.6. The molecule has 2 unspecified atom stereocenters. The van der Waals surface area contributed by atoms with Gasteiger partial charge < -0.3 is 5.11 Å². The largest absolute Gasteiger partial charge is 0.481 e. The molecule has 0 aromatic heterocycles. The Morgan fingerprint density at radius 2 is 1.80 bits per heavy atom. The zero-order valence-electron chi connectivity index (χ0n) is 13.5. The van der Waals surface area contributed by atoms with E-state index in [-0.39, 0.29) is 6.04 Å². The molecule has 2 rings (SSSR count). The molecule has 1 N–H and O–H groups in total. The molecule has 1 aliphatic carbocycles. The van der Waals surface area contributed by atoms with Crippen LogP contribution >= 0.6 is 0 Å². The van der Waals surface area contributed by atoms with Crippen molar-refractivity contribution in [3.63, 3.8) is 0 Å². The molecular weight excluding hydrogens is 250 g/mol. The fraction of sp³-hybridized carbons (Fsp3) is 0.941. The Balaban J connectivity index is 2.04. The average Bonchev–Trinajstić information content (AvgIpc) is 2.36. The van der Waals surface area contributed by atoms with E-state index in [0.29, 0.717) is 5.41 Å². The minimum atomic E-state index is -0.592. The zero-order valence-corrected chi connectivity index (χ0v) is 13.5. The maximum Gasteiger partial charge on any atom is 0.310 e. The molecule has 3 nitrogen and oxygen atoms in total. The number of carboxylic acid groups (broad SMARTS) is 1. The molecule has 0 radical (unpaired) electrons. The maximum absolute atomic E-state index is 11.7. The number of rotatable bonds is 6. The van der Waals surface area contributed by atoms with Crippen molar-refractivity contribution >= 4 is 5.97 Å². The Morgan fingerprint density at radius 1 is 1.20 bits per heavy atom. The molecule has 1 saturated carbocycles. The van der Waals surface area contributed by atoms with Gasteiger partial charge in [-0.3, -0.25) is 9.69 Å². The quantitative estimate of drug-likeness (QED) is 0.802. The topological polar surface area (TPSA) is 40.5 Å². The fourth-order valence-corrected chi connectivity index (χ4v) is 4.69. The van der Waals surface area contributed by atoms with Crippen LogP contribution in [0.3, 0.4) is 0 Å². The van der Waals surface area contributed by atoms with E-state index in [1.54, 1.807) is 0 Å². The van der Waals surface area contributed by atoms with Crippen LogP contribution in [0, 0.1) is 10.8 Å². The van der Waals surface area contributed by atoms with Gasteiger partial charge in [0.25, 0.3) is 0 Å². The number of aliphatic carboxylic acids is 1. The van der Waals surface area contributed by atoms with Crippen molar-refractivity contribution < 1.29 is 9.90 Å². The lowest BCUT2D eigenvalue weighted by molar-refractivity contribution is -0.162. The second-order valence-corrected chi connectivity index (χ2v) is 7.39. The summed E-state index contributed by atoms with van der Waals surface area (Å²) in [4.78, 5) is 14.2. The number of nitrogens with zero attached hydrogens (tertiary/aromatic N) is 1. The lowest BCUT2D eigenvalue weighted by Gasteiger charge is -2.57. The Bertz CT molecular complexity index is 341. The third kappa shape index (κ3) is 2.74. The average molecular weight is 281 g/mol. The smallest absolute Gasteiger partial charge is 0.310 e.